The van der Waals surface area contributed by atoms with Crippen molar-refractivity contribution in [2.24, 2.45) is 0 Å². The molecule has 3 aromatic rings. The van der Waals surface area contributed by atoms with Crippen LogP contribution in [0.3, 0.4) is 0 Å². The van der Waals surface area contributed by atoms with Crippen molar-refractivity contribution < 1.29 is 19.1 Å². The second-order valence-electron chi connectivity index (χ2n) is 6.79. The van der Waals surface area contributed by atoms with E-state index in [1.165, 1.54) is 18.9 Å². The first-order valence-corrected chi connectivity index (χ1v) is 10.0. The van der Waals surface area contributed by atoms with E-state index >= 15 is 0 Å². The van der Waals surface area contributed by atoms with Gasteiger partial charge in [-0.15, -0.1) is 0 Å². The summed E-state index contributed by atoms with van der Waals surface area (Å²) < 4.78 is 11.3. The van der Waals surface area contributed by atoms with E-state index in [1.54, 1.807) is 12.1 Å². The highest BCUT2D eigenvalue weighted by molar-refractivity contribution is 6.06. The van der Waals surface area contributed by atoms with Crippen molar-refractivity contribution in [3.05, 3.63) is 71.4 Å². The molecule has 31 heavy (non-hydrogen) atoms. The summed E-state index contributed by atoms with van der Waals surface area (Å²) in [4.78, 5) is 25.3. The van der Waals surface area contributed by atoms with Gasteiger partial charge in [-0.1, -0.05) is 55.5 Å². The van der Waals surface area contributed by atoms with Gasteiger partial charge in [-0.3, -0.25) is 0 Å². The van der Waals surface area contributed by atoms with E-state index in [0.29, 0.717) is 16.9 Å². The van der Waals surface area contributed by atoms with Crippen LogP contribution in [0.2, 0.25) is 0 Å². The number of hydrogen-bond acceptors (Lipinski definition) is 5. The monoisotopic (exact) mass is 416 g/mol. The Morgan fingerprint density at radius 3 is 2.26 bits per heavy atom. The zero-order valence-electron chi connectivity index (χ0n) is 17.8. The number of hydrogen-bond donors (Lipinski definition) is 0. The first-order chi connectivity index (χ1) is 15.1. The largest absolute Gasteiger partial charge is 0.465 e. The summed E-state index contributed by atoms with van der Waals surface area (Å²) in [5, 5.41) is 4.58. The van der Waals surface area contributed by atoms with Crippen LogP contribution in [0.25, 0.3) is 16.9 Å². The average molecular weight is 416 g/mol. The molecule has 0 saturated heterocycles. The lowest BCUT2D eigenvalue weighted by atomic mass is 10.0. The molecule has 6 nitrogen and oxygen atoms in total. The fraction of sp³-hybridized carbons (Fsp3) is 0.240. The van der Waals surface area contributed by atoms with Crippen LogP contribution in [0.5, 0.6) is 0 Å². The van der Waals surface area contributed by atoms with Crippen molar-refractivity contribution in [1.82, 2.24) is 9.78 Å². The normalized spacial score (nSPS) is 10.2. The minimum absolute atomic E-state index is 0.0129. The van der Waals surface area contributed by atoms with Crippen LogP contribution in [-0.4, -0.2) is 35.9 Å². The highest BCUT2D eigenvalue weighted by Crippen LogP contribution is 2.29. The lowest BCUT2D eigenvalue weighted by molar-refractivity contribution is 0.0549. The van der Waals surface area contributed by atoms with E-state index in [9.17, 15) is 9.59 Å². The van der Waals surface area contributed by atoms with E-state index < -0.39 is 11.9 Å². The van der Waals surface area contributed by atoms with E-state index in [1.807, 2.05) is 42.5 Å². The number of methoxy groups -OCH3 is 2. The molecule has 0 N–H and O–H groups in total. The zero-order chi connectivity index (χ0) is 22.2. The summed E-state index contributed by atoms with van der Waals surface area (Å²) in [5.74, 6) is 4.94. The number of unbranched alkanes of at least 4 members (excludes halogenated alkanes) is 2. The van der Waals surface area contributed by atoms with Gasteiger partial charge in [0, 0.05) is 17.5 Å². The number of nitrogens with zero attached hydrogens (tertiary/aromatic N) is 2. The smallest absolute Gasteiger partial charge is 0.357 e. The van der Waals surface area contributed by atoms with Crippen molar-refractivity contribution in [1.29, 1.82) is 0 Å². The number of ether oxygens (including phenoxy) is 2. The lowest BCUT2D eigenvalue weighted by Gasteiger charge is -2.07. The fourth-order valence-corrected chi connectivity index (χ4v) is 3.10. The Bertz CT molecular complexity index is 1120. The topological polar surface area (TPSA) is 70.4 Å². The van der Waals surface area contributed by atoms with Gasteiger partial charge in [0.2, 0.25) is 0 Å². The number of para-hydroxylation sites is 1. The first-order valence-electron chi connectivity index (χ1n) is 10.0. The van der Waals surface area contributed by atoms with Crippen LogP contribution in [0.15, 0.2) is 54.6 Å². The predicted molar refractivity (Wildman–Crippen MR) is 118 cm³/mol. The molecule has 3 rings (SSSR count). The van der Waals surface area contributed by atoms with Crippen molar-refractivity contribution in [2.45, 2.75) is 26.2 Å². The molecular weight excluding hydrogens is 392 g/mol. The Labute approximate surface area is 181 Å². The van der Waals surface area contributed by atoms with Gasteiger partial charge < -0.3 is 9.47 Å². The maximum Gasteiger partial charge on any atom is 0.357 e. The zero-order valence-corrected chi connectivity index (χ0v) is 17.8. The molecule has 158 valence electrons. The van der Waals surface area contributed by atoms with Gasteiger partial charge >= 0.3 is 11.9 Å². The third-order valence-electron chi connectivity index (χ3n) is 4.70. The van der Waals surface area contributed by atoms with Gasteiger partial charge in [-0.05, 0) is 30.7 Å². The SMILES string of the molecule is CCCCC#Cc1ccc(-c2nn(-c3ccccc3)c(C(=O)OC)c2C(=O)OC)cc1. The summed E-state index contributed by atoms with van der Waals surface area (Å²) in [6.45, 7) is 2.13. The molecule has 0 unspecified atom stereocenters. The third-order valence-corrected chi connectivity index (χ3v) is 4.70. The minimum Gasteiger partial charge on any atom is -0.465 e. The Kier molecular flexibility index (Phi) is 7.23. The van der Waals surface area contributed by atoms with Crippen LogP contribution in [-0.2, 0) is 9.47 Å². The van der Waals surface area contributed by atoms with Crippen LogP contribution in [0.4, 0.5) is 0 Å². The molecular formula is C25H24N2O4. The van der Waals surface area contributed by atoms with Crippen LogP contribution in [0, 0.1) is 11.8 Å². The van der Waals surface area contributed by atoms with E-state index in [-0.39, 0.29) is 11.3 Å². The quantitative estimate of drug-likeness (QED) is 0.332. The van der Waals surface area contributed by atoms with Crippen LogP contribution in [0.1, 0.15) is 52.6 Å². The molecule has 0 fully saturated rings. The maximum absolute atomic E-state index is 12.7. The summed E-state index contributed by atoms with van der Waals surface area (Å²) >= 11 is 0. The molecule has 0 aliphatic carbocycles. The molecule has 6 heteroatoms. The maximum atomic E-state index is 12.7. The highest BCUT2D eigenvalue weighted by Gasteiger charge is 2.31. The van der Waals surface area contributed by atoms with Gasteiger partial charge in [0.15, 0.2) is 5.69 Å². The van der Waals surface area contributed by atoms with Gasteiger partial charge in [0.1, 0.15) is 11.3 Å². The predicted octanol–water partition coefficient (Wildman–Crippen LogP) is 4.65. The van der Waals surface area contributed by atoms with E-state index in [2.05, 4.69) is 23.9 Å². The molecule has 0 saturated carbocycles. The Morgan fingerprint density at radius 1 is 0.968 bits per heavy atom. The molecule has 0 bridgehead atoms. The summed E-state index contributed by atoms with van der Waals surface area (Å²) in [5.41, 5.74) is 2.56. The molecule has 2 aromatic carbocycles. The van der Waals surface area contributed by atoms with Crippen molar-refractivity contribution in [3.8, 4) is 28.8 Å². The molecule has 0 radical (unpaired) electrons. The molecule has 0 spiro atoms. The van der Waals surface area contributed by atoms with Crippen molar-refractivity contribution >= 4 is 11.9 Å². The standard InChI is InChI=1S/C25H24N2O4/c1-4-5-6-8-11-18-14-16-19(17-15-18)22-21(24(28)30-2)23(25(29)31-3)27(26-22)20-12-9-7-10-13-20/h7,9-10,12-17H,4-6H2,1-3H3. The van der Waals surface area contributed by atoms with Gasteiger partial charge in [-0.25, -0.2) is 14.3 Å². The van der Waals surface area contributed by atoms with Crippen molar-refractivity contribution in [3.63, 3.8) is 0 Å². The molecule has 0 aliphatic heterocycles. The lowest BCUT2D eigenvalue weighted by Crippen LogP contribution is -2.15. The van der Waals surface area contributed by atoms with Gasteiger partial charge in [0.05, 0.1) is 19.9 Å². The van der Waals surface area contributed by atoms with E-state index in [4.69, 9.17) is 9.47 Å². The Balaban J connectivity index is 2.13. The molecule has 0 amide bonds. The second-order valence-corrected chi connectivity index (χ2v) is 6.79. The first kappa shape index (κ1) is 21.8. The third kappa shape index (κ3) is 4.84. The number of benzene rings is 2. The number of carbonyl (C=O) groups is 2. The number of rotatable bonds is 6. The molecule has 1 aromatic heterocycles. The molecule has 1 heterocycles. The van der Waals surface area contributed by atoms with Gasteiger partial charge in [0.25, 0.3) is 0 Å². The summed E-state index contributed by atoms with van der Waals surface area (Å²) in [6, 6.07) is 16.5. The number of esters is 2. The Hall–Kier alpha value is -3.85. The fourth-order valence-electron chi connectivity index (χ4n) is 3.10. The molecule has 0 atom stereocenters. The molecule has 0 aliphatic rings. The van der Waals surface area contributed by atoms with Crippen LogP contribution >= 0.6 is 0 Å². The summed E-state index contributed by atoms with van der Waals surface area (Å²) in [7, 11) is 2.53. The minimum atomic E-state index is -0.679. The van der Waals surface area contributed by atoms with Gasteiger partial charge in [-0.2, -0.15) is 5.10 Å². The number of aromatic nitrogens is 2. The van der Waals surface area contributed by atoms with E-state index in [0.717, 1.165) is 24.8 Å². The summed E-state index contributed by atoms with van der Waals surface area (Å²) in [6.07, 6.45) is 3.03. The highest BCUT2D eigenvalue weighted by atomic mass is 16.5. The second kappa shape index (κ2) is 10.3. The number of carbonyl (C=O) groups excluding carboxylic acids is 2. The van der Waals surface area contributed by atoms with Crippen LogP contribution < -0.4 is 0 Å². The average Bonchev–Trinajstić information content (AvgIpc) is 3.22. The van der Waals surface area contributed by atoms with Crippen molar-refractivity contribution in [2.75, 3.05) is 14.2 Å². The Morgan fingerprint density at radius 2 is 1.65 bits per heavy atom.